The van der Waals surface area contributed by atoms with Crippen molar-refractivity contribution in [3.05, 3.63) is 59.2 Å². The van der Waals surface area contributed by atoms with Crippen molar-refractivity contribution in [2.24, 2.45) is 0 Å². The molecule has 0 aliphatic carbocycles. The van der Waals surface area contributed by atoms with Crippen molar-refractivity contribution in [2.75, 3.05) is 17.3 Å². The summed E-state index contributed by atoms with van der Waals surface area (Å²) in [5.74, 6) is -0.140. The van der Waals surface area contributed by atoms with Gasteiger partial charge in [0.05, 0.1) is 11.1 Å². The molecule has 0 bridgehead atoms. The fourth-order valence-corrected chi connectivity index (χ4v) is 3.98. The summed E-state index contributed by atoms with van der Waals surface area (Å²) in [6, 6.07) is 9.22. The van der Waals surface area contributed by atoms with Crippen LogP contribution in [-0.4, -0.2) is 28.8 Å². The Morgan fingerprint density at radius 2 is 1.93 bits per heavy atom. The van der Waals surface area contributed by atoms with E-state index in [-0.39, 0.29) is 11.8 Å². The van der Waals surface area contributed by atoms with Crippen molar-refractivity contribution in [3.8, 4) is 11.3 Å². The van der Waals surface area contributed by atoms with Crippen molar-refractivity contribution in [2.45, 2.75) is 19.3 Å². The Balaban J connectivity index is 1.61. The van der Waals surface area contributed by atoms with E-state index in [0.717, 1.165) is 22.5 Å². The Morgan fingerprint density at radius 3 is 2.67 bits per heavy atom. The number of pyridine rings is 1. The molecule has 0 atom stereocenters. The number of nitrogens with one attached hydrogen (secondary N) is 1. The summed E-state index contributed by atoms with van der Waals surface area (Å²) in [5, 5.41) is 5.24. The number of hydrogen-bond donors (Lipinski definition) is 1. The zero-order chi connectivity index (χ0) is 19.2. The second kappa shape index (κ2) is 6.28. The number of carbonyl (C=O) groups is 2. The highest BCUT2D eigenvalue weighted by atomic mass is 32.1. The third kappa shape index (κ3) is 2.90. The van der Waals surface area contributed by atoms with Crippen LogP contribution in [0.15, 0.2) is 48.1 Å². The van der Waals surface area contributed by atoms with Crippen LogP contribution in [0.5, 0.6) is 0 Å². The molecule has 1 aliphatic rings. The van der Waals surface area contributed by atoms with Gasteiger partial charge in [0.15, 0.2) is 5.13 Å². The maximum atomic E-state index is 12.5. The second-order valence-corrected chi connectivity index (χ2v) is 7.81. The number of anilines is 2. The summed E-state index contributed by atoms with van der Waals surface area (Å²) >= 11 is 1.37. The maximum Gasteiger partial charge on any atom is 0.257 e. The Labute approximate surface area is 160 Å². The first kappa shape index (κ1) is 17.4. The van der Waals surface area contributed by atoms with Gasteiger partial charge >= 0.3 is 0 Å². The van der Waals surface area contributed by atoms with Crippen LogP contribution in [0.4, 0.5) is 10.8 Å². The molecule has 1 N–H and O–H groups in total. The molecule has 3 aromatic rings. The third-order valence-corrected chi connectivity index (χ3v) is 5.59. The number of rotatable bonds is 3. The van der Waals surface area contributed by atoms with E-state index < -0.39 is 5.41 Å². The van der Waals surface area contributed by atoms with E-state index in [1.54, 1.807) is 36.5 Å². The monoisotopic (exact) mass is 378 g/mol. The Kier molecular flexibility index (Phi) is 4.04. The Hall–Kier alpha value is -3.06. The first-order valence-corrected chi connectivity index (χ1v) is 9.36. The minimum atomic E-state index is -0.561. The van der Waals surface area contributed by atoms with Crippen LogP contribution < -0.4 is 10.2 Å². The molecule has 1 aliphatic heterocycles. The highest BCUT2D eigenvalue weighted by Gasteiger charge is 2.42. The van der Waals surface area contributed by atoms with Crippen molar-refractivity contribution in [1.82, 2.24) is 9.97 Å². The van der Waals surface area contributed by atoms with Gasteiger partial charge in [0.1, 0.15) is 0 Å². The molecule has 0 spiro atoms. The van der Waals surface area contributed by atoms with Crippen LogP contribution in [0, 0.1) is 0 Å². The molecule has 0 saturated heterocycles. The van der Waals surface area contributed by atoms with Gasteiger partial charge in [-0.3, -0.25) is 19.9 Å². The number of amides is 2. The number of aromatic nitrogens is 2. The highest BCUT2D eigenvalue weighted by molar-refractivity contribution is 7.14. The molecule has 3 heterocycles. The highest BCUT2D eigenvalue weighted by Crippen LogP contribution is 2.42. The zero-order valence-electron chi connectivity index (χ0n) is 15.2. The fraction of sp³-hybridized carbons (Fsp3) is 0.200. The van der Waals surface area contributed by atoms with E-state index in [2.05, 4.69) is 15.3 Å². The summed E-state index contributed by atoms with van der Waals surface area (Å²) in [4.78, 5) is 34.8. The van der Waals surface area contributed by atoms with E-state index in [1.807, 2.05) is 37.4 Å². The standard InChI is InChI=1S/C20H18N4O2S/c1-20(2)14-10-13(4-5-16(14)24(3)18(20)26)15-11-27-19(22-15)23-17(25)12-6-8-21-9-7-12/h4-11H,1-3H3,(H,22,23,25). The number of fused-ring (bicyclic) bond motifs is 1. The summed E-state index contributed by atoms with van der Waals surface area (Å²) < 4.78 is 0. The zero-order valence-corrected chi connectivity index (χ0v) is 16.0. The lowest BCUT2D eigenvalue weighted by molar-refractivity contribution is -0.121. The molecule has 0 unspecified atom stereocenters. The number of hydrogen-bond acceptors (Lipinski definition) is 5. The molecule has 4 rings (SSSR count). The summed E-state index contributed by atoms with van der Waals surface area (Å²) in [6.45, 7) is 3.87. The molecule has 1 aromatic carbocycles. The molecule has 136 valence electrons. The van der Waals surface area contributed by atoms with Gasteiger partial charge in [0.25, 0.3) is 5.91 Å². The predicted octanol–water partition coefficient (Wildman–Crippen LogP) is 3.71. The lowest BCUT2D eigenvalue weighted by Gasteiger charge is -2.16. The van der Waals surface area contributed by atoms with Gasteiger partial charge in [-0.15, -0.1) is 11.3 Å². The van der Waals surface area contributed by atoms with Crippen molar-refractivity contribution < 1.29 is 9.59 Å². The average Bonchev–Trinajstić information content (AvgIpc) is 3.21. The largest absolute Gasteiger partial charge is 0.314 e. The fourth-order valence-electron chi connectivity index (χ4n) is 3.27. The Morgan fingerprint density at radius 1 is 1.19 bits per heavy atom. The molecule has 2 aromatic heterocycles. The van der Waals surface area contributed by atoms with Crippen LogP contribution in [0.2, 0.25) is 0 Å². The maximum absolute atomic E-state index is 12.5. The molecule has 0 fully saturated rings. The molecular formula is C20H18N4O2S. The molecule has 6 nitrogen and oxygen atoms in total. The predicted molar refractivity (Wildman–Crippen MR) is 106 cm³/mol. The van der Waals surface area contributed by atoms with Gasteiger partial charge in [-0.1, -0.05) is 6.07 Å². The van der Waals surface area contributed by atoms with Gasteiger partial charge in [-0.25, -0.2) is 4.98 Å². The molecule has 0 saturated carbocycles. The Bertz CT molecular complexity index is 1040. The number of carbonyl (C=O) groups excluding carboxylic acids is 2. The van der Waals surface area contributed by atoms with Crippen molar-refractivity contribution >= 4 is 34.0 Å². The van der Waals surface area contributed by atoms with Crippen LogP contribution in [0.3, 0.4) is 0 Å². The van der Waals surface area contributed by atoms with Gasteiger partial charge in [-0.05, 0) is 43.7 Å². The van der Waals surface area contributed by atoms with E-state index >= 15 is 0 Å². The SMILES string of the molecule is CN1C(=O)C(C)(C)c2cc(-c3csc(NC(=O)c4ccncc4)n3)ccc21. The van der Waals surface area contributed by atoms with E-state index in [4.69, 9.17) is 0 Å². The second-order valence-electron chi connectivity index (χ2n) is 6.95. The van der Waals surface area contributed by atoms with E-state index in [9.17, 15) is 9.59 Å². The summed E-state index contributed by atoms with van der Waals surface area (Å²) in [5.41, 5.74) is 3.57. The van der Waals surface area contributed by atoms with Crippen LogP contribution >= 0.6 is 11.3 Å². The molecule has 0 radical (unpaired) electrons. The molecular weight excluding hydrogens is 360 g/mol. The first-order valence-electron chi connectivity index (χ1n) is 8.48. The third-order valence-electron chi connectivity index (χ3n) is 4.83. The van der Waals surface area contributed by atoms with Crippen LogP contribution in [0.25, 0.3) is 11.3 Å². The first-order chi connectivity index (χ1) is 12.9. The molecule has 27 heavy (non-hydrogen) atoms. The number of likely N-dealkylation sites (N-methyl/N-ethyl adjacent to an activating group) is 1. The summed E-state index contributed by atoms with van der Waals surface area (Å²) in [6.07, 6.45) is 3.15. The topological polar surface area (TPSA) is 75.2 Å². The smallest absolute Gasteiger partial charge is 0.257 e. The van der Waals surface area contributed by atoms with Gasteiger partial charge < -0.3 is 4.90 Å². The van der Waals surface area contributed by atoms with Crippen LogP contribution in [-0.2, 0) is 10.2 Å². The van der Waals surface area contributed by atoms with Crippen LogP contribution in [0.1, 0.15) is 29.8 Å². The lowest BCUT2D eigenvalue weighted by atomic mass is 9.85. The minimum absolute atomic E-state index is 0.0817. The van der Waals surface area contributed by atoms with Gasteiger partial charge in [-0.2, -0.15) is 0 Å². The van der Waals surface area contributed by atoms with Crippen molar-refractivity contribution in [3.63, 3.8) is 0 Å². The minimum Gasteiger partial charge on any atom is -0.314 e. The molecule has 7 heteroatoms. The quantitative estimate of drug-likeness (QED) is 0.754. The van der Waals surface area contributed by atoms with Crippen molar-refractivity contribution in [1.29, 1.82) is 0 Å². The number of thiazole rings is 1. The lowest BCUT2D eigenvalue weighted by Crippen LogP contribution is -2.33. The van der Waals surface area contributed by atoms with Gasteiger partial charge in [0, 0.05) is 41.6 Å². The molecule has 2 amide bonds. The normalized spacial score (nSPS) is 14.9. The number of benzene rings is 1. The van der Waals surface area contributed by atoms with Gasteiger partial charge in [0.2, 0.25) is 5.91 Å². The summed E-state index contributed by atoms with van der Waals surface area (Å²) in [7, 11) is 1.80. The van der Waals surface area contributed by atoms with E-state index in [0.29, 0.717) is 10.7 Å². The number of nitrogens with zero attached hydrogens (tertiary/aromatic N) is 3. The average molecular weight is 378 g/mol. The van der Waals surface area contributed by atoms with E-state index in [1.165, 1.54) is 11.3 Å².